The summed E-state index contributed by atoms with van der Waals surface area (Å²) in [5, 5.41) is 0. The Kier molecular flexibility index (Phi) is 3.71. The van der Waals surface area contributed by atoms with E-state index in [1.807, 2.05) is 0 Å². The zero-order valence-corrected chi connectivity index (χ0v) is 11.9. The Morgan fingerprint density at radius 3 is 2.62 bits per heavy atom. The predicted molar refractivity (Wildman–Crippen MR) is 76.0 cm³/mol. The van der Waals surface area contributed by atoms with Gasteiger partial charge in [0.1, 0.15) is 5.69 Å². The number of nitrogens with zero attached hydrogens (tertiary/aromatic N) is 2. The molecule has 2 heterocycles. The summed E-state index contributed by atoms with van der Waals surface area (Å²) in [6.07, 6.45) is 3.52. The largest absolute Gasteiger partial charge is 0.433 e. The number of halogens is 3. The molecule has 116 valence electrons. The van der Waals surface area contributed by atoms with Crippen molar-refractivity contribution in [1.82, 2.24) is 4.98 Å². The van der Waals surface area contributed by atoms with Crippen molar-refractivity contribution in [1.29, 1.82) is 0 Å². The number of rotatable bonds is 1. The van der Waals surface area contributed by atoms with Crippen LogP contribution in [0.15, 0.2) is 12.3 Å². The molecule has 21 heavy (non-hydrogen) atoms. The van der Waals surface area contributed by atoms with E-state index in [-0.39, 0.29) is 0 Å². The van der Waals surface area contributed by atoms with Crippen molar-refractivity contribution in [3.63, 3.8) is 0 Å². The molecule has 1 aliphatic carbocycles. The molecule has 2 N–H and O–H groups in total. The van der Waals surface area contributed by atoms with Crippen molar-refractivity contribution in [2.75, 3.05) is 17.2 Å². The van der Waals surface area contributed by atoms with Crippen molar-refractivity contribution in [3.8, 4) is 0 Å². The molecule has 0 aromatic carbocycles. The number of pyridine rings is 1. The number of piperidine rings is 1. The molecule has 0 bridgehead atoms. The normalized spacial score (nSPS) is 26.5. The quantitative estimate of drug-likeness (QED) is 0.856. The summed E-state index contributed by atoms with van der Waals surface area (Å²) in [4.78, 5) is 5.53. The minimum Gasteiger partial charge on any atom is -0.396 e. The van der Waals surface area contributed by atoms with Crippen molar-refractivity contribution < 1.29 is 13.2 Å². The minimum atomic E-state index is -4.43. The van der Waals surface area contributed by atoms with Crippen LogP contribution in [0.1, 0.15) is 44.2 Å². The summed E-state index contributed by atoms with van der Waals surface area (Å²) in [5.41, 5.74) is 5.91. The van der Waals surface area contributed by atoms with Gasteiger partial charge in [0.2, 0.25) is 0 Å². The van der Waals surface area contributed by atoms with Gasteiger partial charge in [-0.05, 0) is 37.7 Å². The Morgan fingerprint density at radius 1 is 1.14 bits per heavy atom. The van der Waals surface area contributed by atoms with Crippen LogP contribution in [-0.2, 0) is 6.18 Å². The van der Waals surface area contributed by atoms with E-state index in [0.29, 0.717) is 23.3 Å². The average molecular weight is 299 g/mol. The van der Waals surface area contributed by atoms with Crippen LogP contribution < -0.4 is 10.6 Å². The minimum absolute atomic E-state index is 0.332. The summed E-state index contributed by atoms with van der Waals surface area (Å²) in [6, 6.07) is 1.45. The van der Waals surface area contributed by atoms with Gasteiger partial charge < -0.3 is 10.6 Å². The molecular formula is C15H20F3N3. The monoisotopic (exact) mass is 299 g/mol. The molecule has 3 rings (SSSR count). The van der Waals surface area contributed by atoms with Crippen molar-refractivity contribution in [2.45, 2.75) is 50.7 Å². The Hall–Kier alpha value is -1.46. The van der Waals surface area contributed by atoms with E-state index in [2.05, 4.69) is 9.88 Å². The number of fused-ring (bicyclic) bond motifs is 1. The van der Waals surface area contributed by atoms with Gasteiger partial charge in [0.05, 0.1) is 17.6 Å². The van der Waals surface area contributed by atoms with E-state index in [0.717, 1.165) is 38.1 Å². The molecule has 2 atom stereocenters. The molecule has 0 amide bonds. The first kappa shape index (κ1) is 14.5. The molecule has 1 saturated carbocycles. The molecule has 6 heteroatoms. The van der Waals surface area contributed by atoms with Crippen LogP contribution in [-0.4, -0.2) is 17.6 Å². The second kappa shape index (κ2) is 5.39. The zero-order chi connectivity index (χ0) is 15.0. The standard InChI is InChI=1S/C15H20F3N3/c16-15(17,18)14-8-13(11(19)9-20-14)21-7-3-5-10-4-1-2-6-12(10)21/h8-10,12H,1-7,19H2. The molecule has 1 aromatic heterocycles. The summed E-state index contributed by atoms with van der Waals surface area (Å²) in [5.74, 6) is 0.592. The van der Waals surface area contributed by atoms with Gasteiger partial charge in [0, 0.05) is 12.6 Å². The third kappa shape index (κ3) is 2.80. The Bertz CT molecular complexity index is 513. The molecule has 2 unspecified atom stereocenters. The number of alkyl halides is 3. The van der Waals surface area contributed by atoms with Gasteiger partial charge in [-0.15, -0.1) is 0 Å². The second-order valence-corrected chi connectivity index (χ2v) is 6.07. The maximum atomic E-state index is 12.9. The second-order valence-electron chi connectivity index (χ2n) is 6.07. The predicted octanol–water partition coefficient (Wildman–Crippen LogP) is 3.84. The third-order valence-corrected chi connectivity index (χ3v) is 4.76. The van der Waals surface area contributed by atoms with Gasteiger partial charge >= 0.3 is 6.18 Å². The fourth-order valence-electron chi connectivity index (χ4n) is 3.78. The number of hydrogen-bond acceptors (Lipinski definition) is 3. The van der Waals surface area contributed by atoms with Gasteiger partial charge in [-0.2, -0.15) is 13.2 Å². The van der Waals surface area contributed by atoms with Crippen LogP contribution in [0, 0.1) is 5.92 Å². The molecular weight excluding hydrogens is 279 g/mol. The highest BCUT2D eigenvalue weighted by molar-refractivity contribution is 5.68. The van der Waals surface area contributed by atoms with Gasteiger partial charge in [0.25, 0.3) is 0 Å². The van der Waals surface area contributed by atoms with Gasteiger partial charge in [-0.1, -0.05) is 12.8 Å². The smallest absolute Gasteiger partial charge is 0.396 e. The molecule has 0 radical (unpaired) electrons. The lowest BCUT2D eigenvalue weighted by Crippen LogP contribution is -2.47. The van der Waals surface area contributed by atoms with E-state index < -0.39 is 11.9 Å². The van der Waals surface area contributed by atoms with E-state index >= 15 is 0 Å². The summed E-state index contributed by atoms with van der Waals surface area (Å²) in [7, 11) is 0. The number of hydrogen-bond donors (Lipinski definition) is 1. The fraction of sp³-hybridized carbons (Fsp3) is 0.667. The summed E-state index contributed by atoms with van der Waals surface area (Å²) in [6.45, 7) is 0.784. The van der Waals surface area contributed by atoms with Crippen LogP contribution in [0.4, 0.5) is 24.5 Å². The van der Waals surface area contributed by atoms with Crippen molar-refractivity contribution in [3.05, 3.63) is 18.0 Å². The zero-order valence-electron chi connectivity index (χ0n) is 11.9. The maximum Gasteiger partial charge on any atom is 0.433 e. The lowest BCUT2D eigenvalue weighted by atomic mass is 9.78. The summed E-state index contributed by atoms with van der Waals surface area (Å²) >= 11 is 0. The van der Waals surface area contributed by atoms with E-state index in [1.54, 1.807) is 0 Å². The molecule has 1 saturated heterocycles. The van der Waals surface area contributed by atoms with Gasteiger partial charge in [-0.25, -0.2) is 4.98 Å². The van der Waals surface area contributed by atoms with Crippen molar-refractivity contribution in [2.24, 2.45) is 5.92 Å². The number of nitrogens with two attached hydrogens (primary N) is 1. The highest BCUT2D eigenvalue weighted by atomic mass is 19.4. The highest BCUT2D eigenvalue weighted by Crippen LogP contribution is 2.40. The number of aromatic nitrogens is 1. The van der Waals surface area contributed by atoms with Crippen LogP contribution in [0.25, 0.3) is 0 Å². The van der Waals surface area contributed by atoms with Gasteiger partial charge in [-0.3, -0.25) is 0 Å². The lowest BCUT2D eigenvalue weighted by molar-refractivity contribution is -0.141. The van der Waals surface area contributed by atoms with Gasteiger partial charge in [0.15, 0.2) is 0 Å². The molecule has 2 fully saturated rings. The van der Waals surface area contributed by atoms with Crippen LogP contribution in [0.3, 0.4) is 0 Å². The molecule has 1 aromatic rings. The topological polar surface area (TPSA) is 42.1 Å². The fourth-order valence-corrected chi connectivity index (χ4v) is 3.78. The Labute approximate surface area is 122 Å². The van der Waals surface area contributed by atoms with Crippen LogP contribution in [0.2, 0.25) is 0 Å². The third-order valence-electron chi connectivity index (χ3n) is 4.76. The molecule has 1 aliphatic heterocycles. The highest BCUT2D eigenvalue weighted by Gasteiger charge is 2.37. The SMILES string of the molecule is Nc1cnc(C(F)(F)F)cc1N1CCCC2CCCCC21. The van der Waals surface area contributed by atoms with E-state index in [1.165, 1.54) is 19.3 Å². The van der Waals surface area contributed by atoms with Crippen LogP contribution in [0.5, 0.6) is 0 Å². The lowest BCUT2D eigenvalue weighted by Gasteiger charge is -2.45. The van der Waals surface area contributed by atoms with Crippen molar-refractivity contribution >= 4 is 11.4 Å². The summed E-state index contributed by atoms with van der Waals surface area (Å²) < 4.78 is 38.6. The van der Waals surface area contributed by atoms with E-state index in [4.69, 9.17) is 5.73 Å². The maximum absolute atomic E-state index is 12.9. The molecule has 0 spiro atoms. The Morgan fingerprint density at radius 2 is 1.86 bits per heavy atom. The van der Waals surface area contributed by atoms with Crippen LogP contribution >= 0.6 is 0 Å². The number of nitrogen functional groups attached to an aromatic ring is 1. The first-order chi connectivity index (χ1) is 9.97. The molecule has 2 aliphatic rings. The molecule has 3 nitrogen and oxygen atoms in total. The first-order valence-electron chi connectivity index (χ1n) is 7.56. The van der Waals surface area contributed by atoms with E-state index in [9.17, 15) is 13.2 Å². The average Bonchev–Trinajstić information content (AvgIpc) is 2.46. The number of anilines is 2. The first-order valence-corrected chi connectivity index (χ1v) is 7.56. The Balaban J connectivity index is 1.94.